The molecule has 0 radical (unpaired) electrons. The van der Waals surface area contributed by atoms with Crippen LogP contribution in [0.25, 0.3) is 0 Å². The van der Waals surface area contributed by atoms with Crippen LogP contribution in [0.5, 0.6) is 0 Å². The van der Waals surface area contributed by atoms with Crippen molar-refractivity contribution in [3.63, 3.8) is 0 Å². The molecule has 0 aliphatic heterocycles. The van der Waals surface area contributed by atoms with Crippen molar-refractivity contribution in [2.24, 2.45) is 11.8 Å². The molecule has 0 aromatic carbocycles. The first-order chi connectivity index (χ1) is 12.1. The molecule has 1 atom stereocenters. The first-order valence-corrected chi connectivity index (χ1v) is 9.64. The van der Waals surface area contributed by atoms with Crippen LogP contribution >= 0.6 is 0 Å². The van der Waals surface area contributed by atoms with Gasteiger partial charge < -0.3 is 10.6 Å². The molecule has 2 saturated carbocycles. The van der Waals surface area contributed by atoms with Crippen molar-refractivity contribution >= 4 is 11.8 Å². The van der Waals surface area contributed by atoms with Gasteiger partial charge in [0.15, 0.2) is 0 Å². The maximum Gasteiger partial charge on any atom is 0.223 e. The van der Waals surface area contributed by atoms with Gasteiger partial charge in [0.1, 0.15) is 0 Å². The first-order valence-electron chi connectivity index (χ1n) is 9.64. The number of aromatic nitrogens is 1. The second kappa shape index (κ2) is 8.45. The van der Waals surface area contributed by atoms with E-state index in [-0.39, 0.29) is 35.7 Å². The van der Waals surface area contributed by atoms with Crippen LogP contribution in [0.2, 0.25) is 0 Å². The molecule has 0 spiro atoms. The molecule has 2 aliphatic rings. The summed E-state index contributed by atoms with van der Waals surface area (Å²) < 4.78 is 0. The first kappa shape index (κ1) is 17.9. The van der Waals surface area contributed by atoms with Crippen molar-refractivity contribution in [1.82, 2.24) is 15.6 Å². The monoisotopic (exact) mass is 343 g/mol. The molecule has 3 rings (SSSR count). The van der Waals surface area contributed by atoms with Crippen molar-refractivity contribution in [3.05, 3.63) is 30.1 Å². The van der Waals surface area contributed by atoms with Crippen LogP contribution in [-0.2, 0) is 9.59 Å². The third-order valence-electron chi connectivity index (χ3n) is 5.74. The average Bonchev–Trinajstić information content (AvgIpc) is 3.18. The maximum absolute atomic E-state index is 12.5. The van der Waals surface area contributed by atoms with E-state index in [1.54, 1.807) is 12.4 Å². The Morgan fingerprint density at radius 2 is 1.56 bits per heavy atom. The number of hydrogen-bond acceptors (Lipinski definition) is 3. The molecule has 136 valence electrons. The lowest BCUT2D eigenvalue weighted by Crippen LogP contribution is -2.42. The minimum Gasteiger partial charge on any atom is -0.353 e. The topological polar surface area (TPSA) is 71.1 Å². The van der Waals surface area contributed by atoms with Crippen molar-refractivity contribution in [1.29, 1.82) is 0 Å². The van der Waals surface area contributed by atoms with Crippen LogP contribution < -0.4 is 10.6 Å². The quantitative estimate of drug-likeness (QED) is 0.863. The molecule has 2 amide bonds. The van der Waals surface area contributed by atoms with E-state index >= 15 is 0 Å². The highest BCUT2D eigenvalue weighted by Crippen LogP contribution is 2.28. The Morgan fingerprint density at radius 3 is 2.20 bits per heavy atom. The summed E-state index contributed by atoms with van der Waals surface area (Å²) in [5, 5.41) is 6.32. The van der Waals surface area contributed by atoms with Gasteiger partial charge in [0.2, 0.25) is 11.8 Å². The molecule has 2 N–H and O–H groups in total. The van der Waals surface area contributed by atoms with Gasteiger partial charge in [-0.05, 0) is 63.1 Å². The van der Waals surface area contributed by atoms with Crippen molar-refractivity contribution in [2.45, 2.75) is 70.4 Å². The van der Waals surface area contributed by atoms with Gasteiger partial charge in [-0.15, -0.1) is 0 Å². The molecular weight excluding hydrogens is 314 g/mol. The van der Waals surface area contributed by atoms with E-state index in [0.29, 0.717) is 0 Å². The van der Waals surface area contributed by atoms with Crippen molar-refractivity contribution < 1.29 is 9.59 Å². The summed E-state index contributed by atoms with van der Waals surface area (Å²) in [6, 6.07) is 4.10. The van der Waals surface area contributed by atoms with Crippen LogP contribution in [0.4, 0.5) is 0 Å². The number of nitrogens with one attached hydrogen (secondary N) is 2. The molecule has 0 unspecified atom stereocenters. The van der Waals surface area contributed by atoms with Gasteiger partial charge >= 0.3 is 0 Å². The SMILES string of the molecule is C[C@@H](NC(=O)C1CCC(NC(=O)C2CCCC2)CC1)c1ccncc1. The van der Waals surface area contributed by atoms with Gasteiger partial charge in [-0.25, -0.2) is 0 Å². The van der Waals surface area contributed by atoms with Gasteiger partial charge in [0.05, 0.1) is 6.04 Å². The van der Waals surface area contributed by atoms with E-state index in [9.17, 15) is 9.59 Å². The van der Waals surface area contributed by atoms with E-state index in [1.165, 1.54) is 12.8 Å². The Hall–Kier alpha value is -1.91. The Kier molecular flexibility index (Phi) is 6.05. The lowest BCUT2D eigenvalue weighted by molar-refractivity contribution is -0.127. The summed E-state index contributed by atoms with van der Waals surface area (Å²) >= 11 is 0. The Morgan fingerprint density at radius 1 is 0.960 bits per heavy atom. The number of amides is 2. The fourth-order valence-electron chi connectivity index (χ4n) is 4.07. The molecule has 1 heterocycles. The molecular formula is C20H29N3O2. The molecule has 0 saturated heterocycles. The highest BCUT2D eigenvalue weighted by Gasteiger charge is 2.30. The smallest absolute Gasteiger partial charge is 0.223 e. The van der Waals surface area contributed by atoms with Crippen LogP contribution in [0.3, 0.4) is 0 Å². The van der Waals surface area contributed by atoms with Gasteiger partial charge in [-0.3, -0.25) is 14.6 Å². The summed E-state index contributed by atoms with van der Waals surface area (Å²) in [7, 11) is 0. The molecule has 5 nitrogen and oxygen atoms in total. The molecule has 25 heavy (non-hydrogen) atoms. The number of pyridine rings is 1. The van der Waals surface area contributed by atoms with E-state index in [1.807, 2.05) is 19.1 Å². The van der Waals surface area contributed by atoms with E-state index in [4.69, 9.17) is 0 Å². The van der Waals surface area contributed by atoms with Crippen molar-refractivity contribution in [3.8, 4) is 0 Å². The van der Waals surface area contributed by atoms with Crippen LogP contribution in [0, 0.1) is 11.8 Å². The predicted molar refractivity (Wildman–Crippen MR) is 96.6 cm³/mol. The summed E-state index contributed by atoms with van der Waals surface area (Å²) in [6.45, 7) is 2.00. The summed E-state index contributed by atoms with van der Waals surface area (Å²) in [5.74, 6) is 0.646. The lowest BCUT2D eigenvalue weighted by Gasteiger charge is -2.30. The zero-order chi connectivity index (χ0) is 17.6. The highest BCUT2D eigenvalue weighted by atomic mass is 16.2. The van der Waals surface area contributed by atoms with Gasteiger partial charge in [0.25, 0.3) is 0 Å². The van der Waals surface area contributed by atoms with Crippen LogP contribution in [0.15, 0.2) is 24.5 Å². The molecule has 5 heteroatoms. The Labute approximate surface area is 150 Å². The second-order valence-electron chi connectivity index (χ2n) is 7.55. The molecule has 1 aromatic heterocycles. The van der Waals surface area contributed by atoms with E-state index < -0.39 is 0 Å². The fraction of sp³-hybridized carbons (Fsp3) is 0.650. The maximum atomic E-state index is 12.5. The van der Waals surface area contributed by atoms with Crippen LogP contribution in [0.1, 0.15) is 69.9 Å². The molecule has 0 bridgehead atoms. The van der Waals surface area contributed by atoms with Gasteiger partial charge in [0, 0.05) is 30.3 Å². The minimum atomic E-state index is -0.00436. The molecule has 2 aliphatic carbocycles. The Bertz CT molecular complexity index is 576. The number of carbonyl (C=O) groups excluding carboxylic acids is 2. The van der Waals surface area contributed by atoms with E-state index in [0.717, 1.165) is 44.1 Å². The normalized spacial score (nSPS) is 25.3. The predicted octanol–water partition coefficient (Wildman–Crippen LogP) is 3.12. The number of rotatable bonds is 5. The fourth-order valence-corrected chi connectivity index (χ4v) is 4.07. The number of nitrogens with zero attached hydrogens (tertiary/aromatic N) is 1. The average molecular weight is 343 g/mol. The lowest BCUT2D eigenvalue weighted by atomic mass is 9.85. The second-order valence-corrected chi connectivity index (χ2v) is 7.55. The Balaban J connectivity index is 1.42. The van der Waals surface area contributed by atoms with Gasteiger partial charge in [-0.1, -0.05) is 12.8 Å². The third-order valence-corrected chi connectivity index (χ3v) is 5.74. The third kappa shape index (κ3) is 4.80. The van der Waals surface area contributed by atoms with Gasteiger partial charge in [-0.2, -0.15) is 0 Å². The number of carbonyl (C=O) groups is 2. The number of hydrogen-bond donors (Lipinski definition) is 2. The summed E-state index contributed by atoms with van der Waals surface area (Å²) in [6.07, 6.45) is 11.4. The zero-order valence-electron chi connectivity index (χ0n) is 15.0. The molecule has 2 fully saturated rings. The summed E-state index contributed by atoms with van der Waals surface area (Å²) in [4.78, 5) is 28.8. The van der Waals surface area contributed by atoms with E-state index in [2.05, 4.69) is 15.6 Å². The van der Waals surface area contributed by atoms with Crippen molar-refractivity contribution in [2.75, 3.05) is 0 Å². The molecule has 1 aromatic rings. The standard InChI is InChI=1S/C20H29N3O2/c1-14(15-10-12-21-13-11-15)22-19(24)17-6-8-18(9-7-17)23-20(25)16-4-2-3-5-16/h10-14,16-18H,2-9H2,1H3,(H,22,24)(H,23,25)/t14-,17?,18?/m1/s1. The largest absolute Gasteiger partial charge is 0.353 e. The minimum absolute atomic E-state index is 0.00436. The zero-order valence-corrected chi connectivity index (χ0v) is 15.0. The summed E-state index contributed by atoms with van der Waals surface area (Å²) in [5.41, 5.74) is 1.07. The van der Waals surface area contributed by atoms with Crippen LogP contribution in [-0.4, -0.2) is 22.8 Å². The highest BCUT2D eigenvalue weighted by molar-refractivity contribution is 5.80.